The monoisotopic (exact) mass is 199 g/mol. The molecule has 0 radical (unpaired) electrons. The Hall–Kier alpha value is -1.15. The van der Waals surface area contributed by atoms with E-state index < -0.39 is 0 Å². The predicted octanol–water partition coefficient (Wildman–Crippen LogP) is 4.35. The highest BCUT2D eigenvalue weighted by Gasteiger charge is 1.93. The lowest BCUT2D eigenvalue weighted by atomic mass is 10.0. The van der Waals surface area contributed by atoms with Crippen LogP contribution in [0.4, 0.5) is 4.70 Å². The number of halogens is 1. The van der Waals surface area contributed by atoms with Gasteiger partial charge in [0.1, 0.15) is 0 Å². The van der Waals surface area contributed by atoms with Gasteiger partial charge in [0, 0.05) is 0 Å². The number of rotatable bonds is 3. The largest absolute Gasteiger partial charge is 0.344 e. The summed E-state index contributed by atoms with van der Waals surface area (Å²) in [5, 5.41) is 0. The van der Waals surface area contributed by atoms with Gasteiger partial charge in [-0.3, -0.25) is 4.70 Å². The van der Waals surface area contributed by atoms with E-state index in [0.717, 1.165) is 11.1 Å². The normalized spacial score (nSPS) is 9.29. The van der Waals surface area contributed by atoms with Crippen molar-refractivity contribution in [3.8, 4) is 0 Å². The van der Waals surface area contributed by atoms with Crippen molar-refractivity contribution in [1.82, 2.24) is 6.15 Å². The molecule has 1 nitrogen and oxygen atoms in total. The van der Waals surface area contributed by atoms with Gasteiger partial charge in [-0.1, -0.05) is 42.0 Å². The van der Waals surface area contributed by atoms with Crippen LogP contribution in [0.1, 0.15) is 27.7 Å². The van der Waals surface area contributed by atoms with E-state index in [0.29, 0.717) is 0 Å². The van der Waals surface area contributed by atoms with Gasteiger partial charge >= 0.3 is 0 Å². The molecule has 0 aliphatic rings. The van der Waals surface area contributed by atoms with Gasteiger partial charge in [-0.25, -0.2) is 0 Å². The van der Waals surface area contributed by atoms with Gasteiger partial charge in [0.05, 0.1) is 0 Å². The lowest BCUT2D eigenvalue weighted by Gasteiger charge is -2.02. The van der Waals surface area contributed by atoms with Crippen molar-refractivity contribution in [2.24, 2.45) is 0 Å². The quantitative estimate of drug-likeness (QED) is 0.674. The zero-order valence-electron chi connectivity index (χ0n) is 9.68. The van der Waals surface area contributed by atoms with Crippen LogP contribution in [0, 0.1) is 0 Å². The molecule has 0 aromatic carbocycles. The van der Waals surface area contributed by atoms with Crippen LogP contribution in [0.3, 0.4) is 0 Å². The Balaban J connectivity index is -0.000000605. The summed E-state index contributed by atoms with van der Waals surface area (Å²) in [5.41, 5.74) is 4.79. The summed E-state index contributed by atoms with van der Waals surface area (Å²) >= 11 is 0. The van der Waals surface area contributed by atoms with Gasteiger partial charge in [-0.05, 0) is 33.3 Å². The summed E-state index contributed by atoms with van der Waals surface area (Å²) in [4.78, 5) is 0. The predicted molar refractivity (Wildman–Crippen MR) is 64.7 cm³/mol. The minimum atomic E-state index is 0. The average molecular weight is 199 g/mol. The summed E-state index contributed by atoms with van der Waals surface area (Å²) in [6, 6.07) is 0. The molecule has 0 unspecified atom stereocenters. The van der Waals surface area contributed by atoms with Crippen molar-refractivity contribution in [2.75, 3.05) is 0 Å². The Labute approximate surface area is 86.9 Å². The van der Waals surface area contributed by atoms with Crippen LogP contribution in [0.5, 0.6) is 0 Å². The molecule has 14 heavy (non-hydrogen) atoms. The van der Waals surface area contributed by atoms with Crippen LogP contribution in [-0.4, -0.2) is 0 Å². The van der Waals surface area contributed by atoms with Crippen LogP contribution < -0.4 is 6.15 Å². The van der Waals surface area contributed by atoms with Crippen LogP contribution in [0.25, 0.3) is 0 Å². The summed E-state index contributed by atoms with van der Waals surface area (Å²) in [5.74, 6) is 0. The Bertz CT molecular complexity index is 255. The van der Waals surface area contributed by atoms with Gasteiger partial charge in [0.2, 0.25) is 0 Å². The van der Waals surface area contributed by atoms with Crippen LogP contribution in [0.2, 0.25) is 0 Å². The van der Waals surface area contributed by atoms with Gasteiger partial charge in [0.15, 0.2) is 0 Å². The molecule has 0 amide bonds. The smallest absolute Gasteiger partial charge is 0.0237 e. The van der Waals surface area contributed by atoms with E-state index in [1.165, 1.54) is 11.1 Å². The van der Waals surface area contributed by atoms with Crippen molar-refractivity contribution in [3.05, 3.63) is 47.6 Å². The van der Waals surface area contributed by atoms with E-state index in [4.69, 9.17) is 0 Å². The third-order valence-corrected chi connectivity index (χ3v) is 1.87. The standard InChI is InChI=1S/C12H18.FH.H3N/c1-7-12(10(4)5)8-11(6)9(2)3;;/h7-8H,1,4H2,2-3,5-6H3;1H;1H3/b12-8-;;. The van der Waals surface area contributed by atoms with Crippen molar-refractivity contribution in [2.45, 2.75) is 27.7 Å². The zero-order chi connectivity index (χ0) is 9.72. The van der Waals surface area contributed by atoms with Gasteiger partial charge in [-0.15, -0.1) is 0 Å². The number of hydrogen-bond donors (Lipinski definition) is 1. The molecule has 0 aromatic rings. The molecule has 2 heteroatoms. The first kappa shape index (κ1) is 18.6. The molecular formula is C12H22FN. The molecule has 0 heterocycles. The third-order valence-electron chi connectivity index (χ3n) is 1.87. The third kappa shape index (κ3) is 6.38. The molecule has 82 valence electrons. The summed E-state index contributed by atoms with van der Waals surface area (Å²) in [7, 11) is 0. The highest BCUT2D eigenvalue weighted by molar-refractivity contribution is 5.41. The fourth-order valence-corrected chi connectivity index (χ4v) is 0.734. The van der Waals surface area contributed by atoms with Crippen molar-refractivity contribution < 1.29 is 4.70 Å². The summed E-state index contributed by atoms with van der Waals surface area (Å²) in [6.07, 6.45) is 3.96. The second-order valence-corrected chi connectivity index (χ2v) is 3.27. The molecule has 0 saturated heterocycles. The van der Waals surface area contributed by atoms with E-state index in [1.807, 2.05) is 13.0 Å². The van der Waals surface area contributed by atoms with Crippen molar-refractivity contribution in [1.29, 1.82) is 0 Å². The van der Waals surface area contributed by atoms with Crippen LogP contribution in [-0.2, 0) is 0 Å². The highest BCUT2D eigenvalue weighted by Crippen LogP contribution is 2.13. The minimum absolute atomic E-state index is 0. The summed E-state index contributed by atoms with van der Waals surface area (Å²) in [6.45, 7) is 15.9. The number of hydrogen-bond acceptors (Lipinski definition) is 1. The fourth-order valence-electron chi connectivity index (χ4n) is 0.734. The molecule has 0 rings (SSSR count). The first-order valence-electron chi connectivity index (χ1n) is 4.13. The van der Waals surface area contributed by atoms with Gasteiger partial charge in [-0.2, -0.15) is 0 Å². The fraction of sp³-hybridized carbons (Fsp3) is 0.333. The van der Waals surface area contributed by atoms with Crippen LogP contribution in [0.15, 0.2) is 47.6 Å². The van der Waals surface area contributed by atoms with Gasteiger partial charge < -0.3 is 6.15 Å². The summed E-state index contributed by atoms with van der Waals surface area (Å²) < 4.78 is 0. The highest BCUT2D eigenvalue weighted by atomic mass is 19.0. The van der Waals surface area contributed by atoms with E-state index in [1.54, 1.807) is 0 Å². The lowest BCUT2D eigenvalue weighted by Crippen LogP contribution is -1.81. The van der Waals surface area contributed by atoms with E-state index in [9.17, 15) is 0 Å². The second kappa shape index (κ2) is 8.45. The topological polar surface area (TPSA) is 35.0 Å². The molecule has 0 aromatic heterocycles. The van der Waals surface area contributed by atoms with Crippen molar-refractivity contribution in [3.63, 3.8) is 0 Å². The average Bonchev–Trinajstić information content (AvgIpc) is 1.98. The molecule has 0 spiro atoms. The second-order valence-electron chi connectivity index (χ2n) is 3.27. The molecular weight excluding hydrogens is 177 g/mol. The Morgan fingerprint density at radius 3 is 1.71 bits per heavy atom. The number of allylic oxidation sites excluding steroid dienone is 6. The molecule has 0 aliphatic heterocycles. The maximum absolute atomic E-state index is 3.88. The first-order chi connectivity index (χ1) is 5.49. The first-order valence-corrected chi connectivity index (χ1v) is 4.13. The zero-order valence-corrected chi connectivity index (χ0v) is 9.68. The van der Waals surface area contributed by atoms with Crippen LogP contribution >= 0.6 is 0 Å². The molecule has 0 aliphatic carbocycles. The molecule has 0 fully saturated rings. The molecule has 0 saturated carbocycles. The molecule has 3 N–H and O–H groups in total. The SMILES string of the molecule is C=C/C(=C/C(C)=C(C)C)C(=C)C.F.N. The lowest BCUT2D eigenvalue weighted by molar-refractivity contribution is 1.11. The Kier molecular flexibility index (Phi) is 11.2. The molecule has 0 bridgehead atoms. The maximum atomic E-state index is 3.88. The van der Waals surface area contributed by atoms with E-state index in [-0.39, 0.29) is 10.9 Å². The Morgan fingerprint density at radius 2 is 1.50 bits per heavy atom. The van der Waals surface area contributed by atoms with E-state index in [2.05, 4.69) is 40.0 Å². The maximum Gasteiger partial charge on any atom is -0.0237 e. The minimum Gasteiger partial charge on any atom is -0.344 e. The van der Waals surface area contributed by atoms with Crippen molar-refractivity contribution >= 4 is 0 Å². The molecule has 0 atom stereocenters. The Morgan fingerprint density at radius 1 is 1.07 bits per heavy atom. The van der Waals surface area contributed by atoms with Gasteiger partial charge in [0.25, 0.3) is 0 Å². The van der Waals surface area contributed by atoms with E-state index >= 15 is 0 Å².